The van der Waals surface area contributed by atoms with Crippen molar-refractivity contribution in [2.45, 2.75) is 6.92 Å². The Balaban J connectivity index is 2.06. The Morgan fingerprint density at radius 3 is 2.61 bits per heavy atom. The minimum atomic E-state index is 0.363. The van der Waals surface area contributed by atoms with Crippen molar-refractivity contribution in [2.24, 2.45) is 0 Å². The molecule has 0 spiro atoms. The van der Waals surface area contributed by atoms with Gasteiger partial charge in [-0.3, -0.25) is 0 Å². The third kappa shape index (κ3) is 1.73. The SMILES string of the molecule is Cc1nnc(-c2cn(-c3ccccc3)nc2N)o1. The molecule has 0 aliphatic carbocycles. The fourth-order valence-electron chi connectivity index (χ4n) is 1.67. The Kier molecular flexibility index (Phi) is 2.33. The molecule has 0 saturated heterocycles. The van der Waals surface area contributed by atoms with Crippen molar-refractivity contribution in [3.63, 3.8) is 0 Å². The van der Waals surface area contributed by atoms with Gasteiger partial charge in [-0.1, -0.05) is 18.2 Å². The summed E-state index contributed by atoms with van der Waals surface area (Å²) in [5.74, 6) is 1.24. The number of hydrogen-bond donors (Lipinski definition) is 1. The molecule has 2 N–H and O–H groups in total. The van der Waals surface area contributed by atoms with Crippen LogP contribution in [-0.4, -0.2) is 20.0 Å². The largest absolute Gasteiger partial charge is 0.421 e. The number of para-hydroxylation sites is 1. The van der Waals surface area contributed by atoms with E-state index in [4.69, 9.17) is 10.2 Å². The maximum absolute atomic E-state index is 5.86. The van der Waals surface area contributed by atoms with Crippen LogP contribution in [0.2, 0.25) is 0 Å². The lowest BCUT2D eigenvalue weighted by Crippen LogP contribution is -1.95. The topological polar surface area (TPSA) is 82.8 Å². The number of anilines is 1. The summed E-state index contributed by atoms with van der Waals surface area (Å²) < 4.78 is 7.03. The van der Waals surface area contributed by atoms with Crippen LogP contribution in [0.15, 0.2) is 40.9 Å². The number of hydrogen-bond acceptors (Lipinski definition) is 5. The maximum atomic E-state index is 5.86. The van der Waals surface area contributed by atoms with E-state index in [0.29, 0.717) is 23.2 Å². The van der Waals surface area contributed by atoms with Gasteiger partial charge in [0.25, 0.3) is 5.89 Å². The van der Waals surface area contributed by atoms with Crippen LogP contribution < -0.4 is 5.73 Å². The molecule has 90 valence electrons. The molecule has 3 rings (SSSR count). The smallest absolute Gasteiger partial charge is 0.253 e. The van der Waals surface area contributed by atoms with Crippen LogP contribution >= 0.6 is 0 Å². The fourth-order valence-corrected chi connectivity index (χ4v) is 1.67. The number of nitrogens with two attached hydrogens (primary N) is 1. The predicted octanol–water partition coefficient (Wildman–Crippen LogP) is 1.81. The molecule has 0 aliphatic rings. The minimum absolute atomic E-state index is 0.363. The van der Waals surface area contributed by atoms with Gasteiger partial charge in [0.15, 0.2) is 5.82 Å². The van der Waals surface area contributed by atoms with Gasteiger partial charge in [0.05, 0.1) is 5.69 Å². The van der Waals surface area contributed by atoms with Gasteiger partial charge < -0.3 is 10.2 Å². The first-order valence-electron chi connectivity index (χ1n) is 5.45. The van der Waals surface area contributed by atoms with Crippen molar-refractivity contribution >= 4 is 5.82 Å². The van der Waals surface area contributed by atoms with Crippen LogP contribution in [0.5, 0.6) is 0 Å². The molecule has 2 heterocycles. The van der Waals surface area contributed by atoms with Crippen LogP contribution in [0.4, 0.5) is 5.82 Å². The Morgan fingerprint density at radius 2 is 1.94 bits per heavy atom. The lowest BCUT2D eigenvalue weighted by Gasteiger charge is -1.98. The van der Waals surface area contributed by atoms with Crippen LogP contribution in [-0.2, 0) is 0 Å². The van der Waals surface area contributed by atoms with E-state index in [1.54, 1.807) is 17.8 Å². The summed E-state index contributed by atoms with van der Waals surface area (Å²) in [5.41, 5.74) is 7.42. The monoisotopic (exact) mass is 241 g/mol. The fraction of sp³-hybridized carbons (Fsp3) is 0.0833. The molecule has 1 aromatic carbocycles. The quantitative estimate of drug-likeness (QED) is 0.739. The van der Waals surface area contributed by atoms with Crippen LogP contribution in [0.1, 0.15) is 5.89 Å². The van der Waals surface area contributed by atoms with E-state index < -0.39 is 0 Å². The van der Waals surface area contributed by atoms with Gasteiger partial charge in [-0.2, -0.15) is 0 Å². The Labute approximate surface area is 103 Å². The van der Waals surface area contributed by atoms with E-state index in [-0.39, 0.29) is 0 Å². The van der Waals surface area contributed by atoms with Crippen molar-refractivity contribution in [3.05, 3.63) is 42.4 Å². The molecule has 6 heteroatoms. The van der Waals surface area contributed by atoms with Crippen LogP contribution in [0.25, 0.3) is 17.1 Å². The molecule has 0 amide bonds. The third-order valence-corrected chi connectivity index (χ3v) is 2.52. The van der Waals surface area contributed by atoms with Gasteiger partial charge in [-0.05, 0) is 12.1 Å². The molecule has 3 aromatic rings. The predicted molar refractivity (Wildman–Crippen MR) is 66.0 cm³/mol. The summed E-state index contributed by atoms with van der Waals surface area (Å²) in [6.45, 7) is 1.73. The van der Waals surface area contributed by atoms with Crippen molar-refractivity contribution in [2.75, 3.05) is 5.73 Å². The zero-order chi connectivity index (χ0) is 12.5. The van der Waals surface area contributed by atoms with Crippen molar-refractivity contribution in [1.29, 1.82) is 0 Å². The summed E-state index contributed by atoms with van der Waals surface area (Å²) in [6, 6.07) is 9.69. The van der Waals surface area contributed by atoms with Crippen LogP contribution in [0, 0.1) is 6.92 Å². The van der Waals surface area contributed by atoms with E-state index in [1.165, 1.54) is 0 Å². The average Bonchev–Trinajstić information content (AvgIpc) is 2.97. The second kappa shape index (κ2) is 3.99. The van der Waals surface area contributed by atoms with E-state index in [1.807, 2.05) is 30.3 Å². The lowest BCUT2D eigenvalue weighted by molar-refractivity contribution is 0.533. The van der Waals surface area contributed by atoms with Gasteiger partial charge in [-0.15, -0.1) is 15.3 Å². The molecular weight excluding hydrogens is 230 g/mol. The summed E-state index contributed by atoms with van der Waals surface area (Å²) in [7, 11) is 0. The number of nitrogen functional groups attached to an aromatic ring is 1. The Morgan fingerprint density at radius 1 is 1.17 bits per heavy atom. The van der Waals surface area contributed by atoms with Gasteiger partial charge in [-0.25, -0.2) is 4.68 Å². The van der Waals surface area contributed by atoms with Gasteiger partial charge >= 0.3 is 0 Å². The molecule has 0 bridgehead atoms. The molecule has 6 nitrogen and oxygen atoms in total. The van der Waals surface area contributed by atoms with E-state index in [0.717, 1.165) is 5.69 Å². The maximum Gasteiger partial charge on any atom is 0.253 e. The standard InChI is InChI=1S/C12H11N5O/c1-8-14-15-12(18-8)10-7-17(16-11(10)13)9-5-3-2-4-6-9/h2-7H,1H3,(H2,13,16). The molecule has 0 saturated carbocycles. The Hall–Kier alpha value is -2.63. The highest BCUT2D eigenvalue weighted by atomic mass is 16.4. The first-order valence-corrected chi connectivity index (χ1v) is 5.45. The van der Waals surface area contributed by atoms with E-state index in [2.05, 4.69) is 15.3 Å². The van der Waals surface area contributed by atoms with E-state index in [9.17, 15) is 0 Å². The first-order chi connectivity index (χ1) is 8.74. The number of rotatable bonds is 2. The zero-order valence-corrected chi connectivity index (χ0v) is 9.74. The molecule has 0 atom stereocenters. The van der Waals surface area contributed by atoms with E-state index >= 15 is 0 Å². The van der Waals surface area contributed by atoms with Gasteiger partial charge in [0, 0.05) is 13.1 Å². The van der Waals surface area contributed by atoms with Crippen LogP contribution in [0.3, 0.4) is 0 Å². The molecule has 0 aliphatic heterocycles. The molecule has 0 radical (unpaired) electrons. The van der Waals surface area contributed by atoms with Crippen molar-refractivity contribution < 1.29 is 4.42 Å². The van der Waals surface area contributed by atoms with Crippen molar-refractivity contribution in [1.82, 2.24) is 20.0 Å². The zero-order valence-electron chi connectivity index (χ0n) is 9.74. The molecule has 0 unspecified atom stereocenters. The second-order valence-corrected chi connectivity index (χ2v) is 3.83. The van der Waals surface area contributed by atoms with Crippen molar-refractivity contribution in [3.8, 4) is 17.1 Å². The highest BCUT2D eigenvalue weighted by Gasteiger charge is 2.14. The molecule has 18 heavy (non-hydrogen) atoms. The third-order valence-electron chi connectivity index (χ3n) is 2.52. The number of aryl methyl sites for hydroxylation is 1. The molecular formula is C12H11N5O. The van der Waals surface area contributed by atoms with Gasteiger partial charge in [0.2, 0.25) is 5.89 Å². The average molecular weight is 241 g/mol. The summed E-state index contributed by atoms with van der Waals surface area (Å²) >= 11 is 0. The second-order valence-electron chi connectivity index (χ2n) is 3.83. The normalized spacial score (nSPS) is 10.7. The number of benzene rings is 1. The van der Waals surface area contributed by atoms with Gasteiger partial charge in [0.1, 0.15) is 5.56 Å². The summed E-state index contributed by atoms with van der Waals surface area (Å²) in [6.07, 6.45) is 1.78. The first kappa shape index (κ1) is 10.5. The number of nitrogens with zero attached hydrogens (tertiary/aromatic N) is 4. The summed E-state index contributed by atoms with van der Waals surface area (Å²) in [4.78, 5) is 0. The highest BCUT2D eigenvalue weighted by Crippen LogP contribution is 2.24. The lowest BCUT2D eigenvalue weighted by atomic mass is 10.3. The molecule has 0 fully saturated rings. The number of aromatic nitrogens is 4. The molecule has 2 aromatic heterocycles. The highest BCUT2D eigenvalue weighted by molar-refractivity contribution is 5.66. The Bertz CT molecular complexity index is 671. The minimum Gasteiger partial charge on any atom is -0.421 e. The summed E-state index contributed by atoms with van der Waals surface area (Å²) in [5, 5.41) is 11.9.